The predicted molar refractivity (Wildman–Crippen MR) is 90.2 cm³/mol. The van der Waals surface area contributed by atoms with E-state index in [2.05, 4.69) is 15.3 Å². The van der Waals surface area contributed by atoms with Gasteiger partial charge in [0.15, 0.2) is 9.84 Å². The molecule has 122 valence electrons. The minimum Gasteiger partial charge on any atom is -0.352 e. The number of rotatable bonds is 4. The summed E-state index contributed by atoms with van der Waals surface area (Å²) >= 11 is 1.32. The number of amides is 1. The SMILES string of the molecule is Cc1nc2ccccc2nc1SCC(=O)NC1CCS(=O)(=O)C1. The molecule has 1 aliphatic heterocycles. The van der Waals surface area contributed by atoms with E-state index >= 15 is 0 Å². The van der Waals surface area contributed by atoms with Crippen LogP contribution in [0, 0.1) is 6.92 Å². The van der Waals surface area contributed by atoms with E-state index in [1.54, 1.807) is 0 Å². The van der Waals surface area contributed by atoms with Gasteiger partial charge in [-0.3, -0.25) is 4.79 Å². The molecule has 1 unspecified atom stereocenters. The van der Waals surface area contributed by atoms with Crippen LogP contribution in [0.25, 0.3) is 11.0 Å². The molecule has 0 radical (unpaired) electrons. The van der Waals surface area contributed by atoms with Crippen LogP contribution in [0.5, 0.6) is 0 Å². The van der Waals surface area contributed by atoms with Gasteiger partial charge in [0.2, 0.25) is 5.91 Å². The summed E-state index contributed by atoms with van der Waals surface area (Å²) in [6.45, 7) is 1.86. The number of fused-ring (bicyclic) bond motifs is 1. The second-order valence-corrected chi connectivity index (χ2v) is 8.75. The van der Waals surface area contributed by atoms with Gasteiger partial charge in [-0.1, -0.05) is 23.9 Å². The van der Waals surface area contributed by atoms with Gasteiger partial charge in [0.05, 0.1) is 34.0 Å². The fraction of sp³-hybridized carbons (Fsp3) is 0.400. The number of nitrogens with zero attached hydrogens (tertiary/aromatic N) is 2. The third kappa shape index (κ3) is 4.00. The number of benzene rings is 1. The number of hydrogen-bond donors (Lipinski definition) is 1. The van der Waals surface area contributed by atoms with Crippen LogP contribution in [-0.2, 0) is 14.6 Å². The molecule has 1 amide bonds. The van der Waals surface area contributed by atoms with Crippen molar-refractivity contribution in [2.75, 3.05) is 17.3 Å². The van der Waals surface area contributed by atoms with Crippen molar-refractivity contribution in [1.82, 2.24) is 15.3 Å². The van der Waals surface area contributed by atoms with Gasteiger partial charge in [-0.15, -0.1) is 0 Å². The summed E-state index contributed by atoms with van der Waals surface area (Å²) in [5.74, 6) is 0.217. The van der Waals surface area contributed by atoms with Gasteiger partial charge in [-0.05, 0) is 25.5 Å². The van der Waals surface area contributed by atoms with E-state index in [0.717, 1.165) is 21.8 Å². The number of sulfone groups is 1. The van der Waals surface area contributed by atoms with Crippen molar-refractivity contribution in [2.24, 2.45) is 0 Å². The molecule has 3 rings (SSSR count). The zero-order valence-electron chi connectivity index (χ0n) is 12.7. The number of carbonyl (C=O) groups is 1. The molecule has 1 aromatic carbocycles. The molecular formula is C15H17N3O3S2. The first-order valence-electron chi connectivity index (χ1n) is 7.29. The fourth-order valence-electron chi connectivity index (χ4n) is 2.52. The van der Waals surface area contributed by atoms with E-state index in [9.17, 15) is 13.2 Å². The van der Waals surface area contributed by atoms with Gasteiger partial charge in [0.25, 0.3) is 0 Å². The molecule has 0 saturated carbocycles. The van der Waals surface area contributed by atoms with E-state index in [4.69, 9.17) is 0 Å². The molecular weight excluding hydrogens is 334 g/mol. The standard InChI is InChI=1S/C15H17N3O3S2/c1-10-15(18-13-5-3-2-4-12(13)16-10)22-8-14(19)17-11-6-7-23(20,21)9-11/h2-5,11H,6-9H2,1H3,(H,17,19). The molecule has 6 nitrogen and oxygen atoms in total. The molecule has 1 fully saturated rings. The highest BCUT2D eigenvalue weighted by Gasteiger charge is 2.28. The third-order valence-electron chi connectivity index (χ3n) is 3.64. The Kier molecular flexibility index (Phi) is 4.54. The van der Waals surface area contributed by atoms with E-state index in [0.29, 0.717) is 6.42 Å². The Labute approximate surface area is 139 Å². The summed E-state index contributed by atoms with van der Waals surface area (Å²) in [6.07, 6.45) is 0.494. The molecule has 1 saturated heterocycles. The number of nitrogens with one attached hydrogen (secondary N) is 1. The molecule has 0 spiro atoms. The molecule has 1 aromatic heterocycles. The largest absolute Gasteiger partial charge is 0.352 e. The number of thioether (sulfide) groups is 1. The molecule has 1 N–H and O–H groups in total. The Hall–Kier alpha value is -1.67. The van der Waals surface area contributed by atoms with Crippen LogP contribution < -0.4 is 5.32 Å². The van der Waals surface area contributed by atoms with Crippen LogP contribution in [-0.4, -0.2) is 47.6 Å². The summed E-state index contributed by atoms with van der Waals surface area (Å²) in [5.41, 5.74) is 2.41. The first kappa shape index (κ1) is 16.2. The lowest BCUT2D eigenvalue weighted by Crippen LogP contribution is -2.36. The monoisotopic (exact) mass is 351 g/mol. The van der Waals surface area contributed by atoms with Crippen molar-refractivity contribution in [3.05, 3.63) is 30.0 Å². The van der Waals surface area contributed by atoms with Gasteiger partial charge < -0.3 is 5.32 Å². The van der Waals surface area contributed by atoms with E-state index in [1.165, 1.54) is 11.8 Å². The van der Waals surface area contributed by atoms with Crippen molar-refractivity contribution in [3.63, 3.8) is 0 Å². The van der Waals surface area contributed by atoms with E-state index in [-0.39, 0.29) is 29.2 Å². The predicted octanol–water partition coefficient (Wildman–Crippen LogP) is 1.33. The van der Waals surface area contributed by atoms with Gasteiger partial charge in [0, 0.05) is 6.04 Å². The van der Waals surface area contributed by atoms with Gasteiger partial charge in [-0.2, -0.15) is 0 Å². The lowest BCUT2D eigenvalue weighted by atomic mass is 10.3. The van der Waals surface area contributed by atoms with Crippen LogP contribution >= 0.6 is 11.8 Å². The van der Waals surface area contributed by atoms with Crippen LogP contribution in [0.4, 0.5) is 0 Å². The second-order valence-electron chi connectivity index (χ2n) is 5.56. The van der Waals surface area contributed by atoms with Crippen LogP contribution in [0.2, 0.25) is 0 Å². The summed E-state index contributed by atoms with van der Waals surface area (Å²) in [5, 5.41) is 3.49. The second kappa shape index (κ2) is 6.45. The van der Waals surface area contributed by atoms with Gasteiger partial charge in [-0.25, -0.2) is 18.4 Å². The third-order valence-corrected chi connectivity index (χ3v) is 6.47. The van der Waals surface area contributed by atoms with Crippen LogP contribution in [0.1, 0.15) is 12.1 Å². The fourth-order valence-corrected chi connectivity index (χ4v) is 4.96. The molecule has 23 heavy (non-hydrogen) atoms. The number of aryl methyl sites for hydroxylation is 1. The molecule has 2 heterocycles. The zero-order chi connectivity index (χ0) is 16.4. The Morgan fingerprint density at radius 1 is 1.30 bits per heavy atom. The van der Waals surface area contributed by atoms with Crippen molar-refractivity contribution in [1.29, 1.82) is 0 Å². The highest BCUT2D eigenvalue weighted by atomic mass is 32.2. The first-order valence-corrected chi connectivity index (χ1v) is 10.1. The smallest absolute Gasteiger partial charge is 0.230 e. The molecule has 0 bridgehead atoms. The Balaban J connectivity index is 1.62. The van der Waals surface area contributed by atoms with E-state index in [1.807, 2.05) is 31.2 Å². The Bertz CT molecular complexity index is 852. The lowest BCUT2D eigenvalue weighted by Gasteiger charge is -2.11. The molecule has 1 aliphatic rings. The number of para-hydroxylation sites is 2. The maximum atomic E-state index is 12.0. The summed E-state index contributed by atoms with van der Waals surface area (Å²) in [4.78, 5) is 21.0. The lowest BCUT2D eigenvalue weighted by molar-refractivity contribution is -0.119. The average Bonchev–Trinajstić information content (AvgIpc) is 2.84. The number of aromatic nitrogens is 2. The molecule has 8 heteroatoms. The van der Waals surface area contributed by atoms with Crippen molar-refractivity contribution >= 4 is 38.5 Å². The highest BCUT2D eigenvalue weighted by Crippen LogP contribution is 2.22. The Morgan fingerprint density at radius 2 is 2.00 bits per heavy atom. The Morgan fingerprint density at radius 3 is 2.65 bits per heavy atom. The van der Waals surface area contributed by atoms with Gasteiger partial charge in [0.1, 0.15) is 5.03 Å². The zero-order valence-corrected chi connectivity index (χ0v) is 14.3. The molecule has 2 aromatic rings. The van der Waals surface area contributed by atoms with Crippen molar-refractivity contribution < 1.29 is 13.2 Å². The van der Waals surface area contributed by atoms with E-state index < -0.39 is 9.84 Å². The number of carbonyl (C=O) groups excluding carboxylic acids is 1. The minimum atomic E-state index is -2.98. The summed E-state index contributed by atoms with van der Waals surface area (Å²) in [7, 11) is -2.98. The maximum Gasteiger partial charge on any atom is 0.230 e. The van der Waals surface area contributed by atoms with Crippen molar-refractivity contribution in [3.8, 4) is 0 Å². The molecule has 0 aliphatic carbocycles. The summed E-state index contributed by atoms with van der Waals surface area (Å²) < 4.78 is 22.8. The van der Waals surface area contributed by atoms with Crippen molar-refractivity contribution in [2.45, 2.75) is 24.4 Å². The summed E-state index contributed by atoms with van der Waals surface area (Å²) in [6, 6.07) is 7.32. The average molecular weight is 351 g/mol. The maximum absolute atomic E-state index is 12.0. The van der Waals surface area contributed by atoms with Crippen LogP contribution in [0.15, 0.2) is 29.3 Å². The normalized spacial score (nSPS) is 19.8. The first-order chi connectivity index (χ1) is 10.9. The number of hydrogen-bond acceptors (Lipinski definition) is 6. The quantitative estimate of drug-likeness (QED) is 0.836. The molecule has 1 atom stereocenters. The van der Waals surface area contributed by atoms with Crippen LogP contribution in [0.3, 0.4) is 0 Å². The topological polar surface area (TPSA) is 89.0 Å². The highest BCUT2D eigenvalue weighted by molar-refractivity contribution is 8.00. The minimum absolute atomic E-state index is 0.0399. The van der Waals surface area contributed by atoms with Gasteiger partial charge >= 0.3 is 0 Å².